The van der Waals surface area contributed by atoms with Crippen LogP contribution in [0, 0.1) is 13.8 Å². The zero-order chi connectivity index (χ0) is 19.0. The van der Waals surface area contributed by atoms with Crippen LogP contribution in [0.25, 0.3) is 32.6 Å². The monoisotopic (exact) mass is 362 g/mol. The molecule has 2 aromatic carbocycles. The molecule has 0 aliphatic carbocycles. The number of ether oxygens (including phenoxy) is 1. The maximum Gasteiger partial charge on any atom is 0.303 e. The highest BCUT2D eigenvalue weighted by Gasteiger charge is 2.14. The van der Waals surface area contributed by atoms with Crippen molar-refractivity contribution in [1.82, 2.24) is 9.97 Å². The van der Waals surface area contributed by atoms with E-state index in [4.69, 9.17) is 9.84 Å². The fourth-order valence-electron chi connectivity index (χ4n) is 3.79. The summed E-state index contributed by atoms with van der Waals surface area (Å²) in [6.45, 7) is 4.80. The Morgan fingerprint density at radius 2 is 1.96 bits per heavy atom. The summed E-state index contributed by atoms with van der Waals surface area (Å²) in [5, 5.41) is 13.4. The van der Waals surface area contributed by atoms with Gasteiger partial charge in [-0.2, -0.15) is 0 Å². The first-order chi connectivity index (χ1) is 13.1. The summed E-state index contributed by atoms with van der Waals surface area (Å²) < 4.78 is 5.85. The van der Waals surface area contributed by atoms with Gasteiger partial charge in [0.1, 0.15) is 5.75 Å². The van der Waals surface area contributed by atoms with Crippen molar-refractivity contribution in [3.63, 3.8) is 0 Å². The molecule has 4 rings (SSSR count). The summed E-state index contributed by atoms with van der Waals surface area (Å²) in [6.07, 6.45) is 5.30. The number of aromatic amines is 1. The van der Waals surface area contributed by atoms with Crippen LogP contribution < -0.4 is 4.74 Å². The van der Waals surface area contributed by atoms with Crippen molar-refractivity contribution in [1.29, 1.82) is 0 Å². The summed E-state index contributed by atoms with van der Waals surface area (Å²) in [5.41, 5.74) is 4.67. The van der Waals surface area contributed by atoms with Crippen LogP contribution in [0.2, 0.25) is 0 Å². The number of aryl methyl sites for hydroxylation is 2. The fourth-order valence-corrected chi connectivity index (χ4v) is 3.79. The first kappa shape index (κ1) is 17.3. The van der Waals surface area contributed by atoms with Crippen molar-refractivity contribution in [3.8, 4) is 5.75 Å². The fraction of sp³-hybridized carbons (Fsp3) is 0.273. The van der Waals surface area contributed by atoms with E-state index in [2.05, 4.69) is 35.9 Å². The molecule has 0 aliphatic rings. The first-order valence-electron chi connectivity index (χ1n) is 9.19. The van der Waals surface area contributed by atoms with Crippen LogP contribution in [-0.4, -0.2) is 27.7 Å². The largest absolute Gasteiger partial charge is 0.494 e. The molecule has 4 aromatic rings. The Bertz CT molecular complexity index is 1160. The first-order valence-corrected chi connectivity index (χ1v) is 9.19. The number of carboxylic acids is 1. The molecular weight excluding hydrogens is 340 g/mol. The van der Waals surface area contributed by atoms with Gasteiger partial charge in [0.05, 0.1) is 12.1 Å². The number of hydrogen-bond acceptors (Lipinski definition) is 3. The molecule has 138 valence electrons. The highest BCUT2D eigenvalue weighted by Crippen LogP contribution is 2.37. The average Bonchev–Trinajstić information content (AvgIpc) is 3.05. The summed E-state index contributed by atoms with van der Waals surface area (Å²) in [5.74, 6) is 0.0461. The van der Waals surface area contributed by atoms with Crippen LogP contribution in [0.3, 0.4) is 0 Å². The number of rotatable bonds is 6. The van der Waals surface area contributed by atoms with Crippen molar-refractivity contribution < 1.29 is 14.6 Å². The molecule has 0 fully saturated rings. The topological polar surface area (TPSA) is 75.2 Å². The third-order valence-electron chi connectivity index (χ3n) is 5.20. The van der Waals surface area contributed by atoms with Gasteiger partial charge in [-0.25, -0.2) is 0 Å². The van der Waals surface area contributed by atoms with Gasteiger partial charge in [-0.1, -0.05) is 0 Å². The summed E-state index contributed by atoms with van der Waals surface area (Å²) in [6, 6.07) is 8.14. The smallest absolute Gasteiger partial charge is 0.303 e. The van der Waals surface area contributed by atoms with Gasteiger partial charge in [0, 0.05) is 40.5 Å². The molecule has 0 atom stereocenters. The third kappa shape index (κ3) is 3.10. The zero-order valence-corrected chi connectivity index (χ0v) is 15.5. The van der Waals surface area contributed by atoms with Gasteiger partial charge < -0.3 is 14.8 Å². The molecule has 0 bridgehead atoms. The Morgan fingerprint density at radius 1 is 1.11 bits per heavy atom. The molecule has 2 N–H and O–H groups in total. The average molecular weight is 362 g/mol. The predicted molar refractivity (Wildman–Crippen MR) is 108 cm³/mol. The van der Waals surface area contributed by atoms with Crippen molar-refractivity contribution >= 4 is 38.5 Å². The minimum absolute atomic E-state index is 0.185. The lowest BCUT2D eigenvalue weighted by Crippen LogP contribution is -2.00. The number of nitrogens with one attached hydrogen (secondary N) is 1. The molecule has 0 amide bonds. The van der Waals surface area contributed by atoms with E-state index in [0.717, 1.165) is 28.6 Å². The standard InChI is InChI=1S/C22H22N2O3/c1-13-18-12-23-9-8-16(18)14(2)22-21(13)17-11-15(6-7-19(17)24-22)27-10-4-3-5-20(25)26/h6-9,11-12,24H,3-5,10H2,1-2H3,(H,25,26). The summed E-state index contributed by atoms with van der Waals surface area (Å²) in [7, 11) is 0. The lowest BCUT2D eigenvalue weighted by Gasteiger charge is -2.09. The number of aliphatic carboxylic acids is 1. The number of carboxylic acid groups (broad SMARTS) is 1. The highest BCUT2D eigenvalue weighted by molar-refractivity contribution is 6.16. The lowest BCUT2D eigenvalue weighted by molar-refractivity contribution is -0.137. The Morgan fingerprint density at radius 3 is 2.78 bits per heavy atom. The van der Waals surface area contributed by atoms with Crippen LogP contribution >= 0.6 is 0 Å². The number of unbranched alkanes of at least 4 members (excludes halogenated alkanes) is 1. The number of carbonyl (C=O) groups is 1. The van der Waals surface area contributed by atoms with E-state index in [1.165, 1.54) is 27.3 Å². The lowest BCUT2D eigenvalue weighted by atomic mass is 9.97. The van der Waals surface area contributed by atoms with Crippen molar-refractivity contribution in [2.24, 2.45) is 0 Å². The third-order valence-corrected chi connectivity index (χ3v) is 5.20. The number of aromatic nitrogens is 2. The highest BCUT2D eigenvalue weighted by atomic mass is 16.5. The molecule has 0 saturated heterocycles. The zero-order valence-electron chi connectivity index (χ0n) is 15.5. The van der Waals surface area contributed by atoms with E-state index in [9.17, 15) is 4.79 Å². The molecule has 2 aromatic heterocycles. The maximum atomic E-state index is 10.6. The summed E-state index contributed by atoms with van der Waals surface area (Å²) >= 11 is 0. The molecule has 5 nitrogen and oxygen atoms in total. The van der Waals surface area contributed by atoms with Gasteiger partial charge in [0.2, 0.25) is 0 Å². The number of fused-ring (bicyclic) bond motifs is 4. The molecule has 27 heavy (non-hydrogen) atoms. The Kier molecular flexibility index (Phi) is 4.44. The van der Waals surface area contributed by atoms with Crippen molar-refractivity contribution in [3.05, 3.63) is 47.8 Å². The number of hydrogen-bond donors (Lipinski definition) is 2. The molecule has 0 unspecified atom stereocenters. The summed E-state index contributed by atoms with van der Waals surface area (Å²) in [4.78, 5) is 18.4. The Labute approximate surface area is 157 Å². The normalized spacial score (nSPS) is 11.5. The number of H-pyrrole nitrogens is 1. The molecular formula is C22H22N2O3. The van der Waals surface area contributed by atoms with Gasteiger partial charge in [0.15, 0.2) is 0 Å². The number of pyridine rings is 1. The van der Waals surface area contributed by atoms with Crippen molar-refractivity contribution in [2.75, 3.05) is 6.61 Å². The van der Waals surface area contributed by atoms with E-state index in [-0.39, 0.29) is 6.42 Å². The van der Waals surface area contributed by atoms with Crippen LogP contribution in [0.15, 0.2) is 36.7 Å². The van der Waals surface area contributed by atoms with Crippen LogP contribution in [0.4, 0.5) is 0 Å². The predicted octanol–water partition coefficient (Wildman–Crippen LogP) is 5.12. The van der Waals surface area contributed by atoms with E-state index >= 15 is 0 Å². The second kappa shape index (κ2) is 6.91. The van der Waals surface area contributed by atoms with Crippen LogP contribution in [0.1, 0.15) is 30.4 Å². The Hall–Kier alpha value is -3.08. The van der Waals surface area contributed by atoms with Gasteiger partial charge in [0.25, 0.3) is 0 Å². The van der Waals surface area contributed by atoms with E-state index in [1.807, 2.05) is 24.5 Å². The van der Waals surface area contributed by atoms with E-state index in [0.29, 0.717) is 13.0 Å². The molecule has 0 saturated carbocycles. The SMILES string of the molecule is Cc1c2ccncc2c(C)c2c1[nH]c1ccc(OCCCCC(=O)O)cc12. The minimum Gasteiger partial charge on any atom is -0.494 e. The molecule has 2 heterocycles. The van der Waals surface area contributed by atoms with Crippen LogP contribution in [0.5, 0.6) is 5.75 Å². The Balaban J connectivity index is 1.72. The molecule has 0 spiro atoms. The van der Waals surface area contributed by atoms with Gasteiger partial charge in [-0.05, 0) is 67.5 Å². The maximum absolute atomic E-state index is 10.6. The minimum atomic E-state index is -0.761. The van der Waals surface area contributed by atoms with Crippen LogP contribution in [-0.2, 0) is 4.79 Å². The van der Waals surface area contributed by atoms with E-state index < -0.39 is 5.97 Å². The molecule has 0 aliphatic heterocycles. The molecule has 5 heteroatoms. The van der Waals surface area contributed by atoms with Gasteiger partial charge in [-0.15, -0.1) is 0 Å². The second-order valence-corrected chi connectivity index (χ2v) is 6.95. The number of benzene rings is 2. The van der Waals surface area contributed by atoms with Gasteiger partial charge in [-0.3, -0.25) is 9.78 Å². The van der Waals surface area contributed by atoms with E-state index in [1.54, 1.807) is 0 Å². The quantitative estimate of drug-likeness (QED) is 0.467. The molecule has 0 radical (unpaired) electrons. The van der Waals surface area contributed by atoms with Gasteiger partial charge >= 0.3 is 5.97 Å². The van der Waals surface area contributed by atoms with Crippen molar-refractivity contribution in [2.45, 2.75) is 33.1 Å². The number of nitrogens with zero attached hydrogens (tertiary/aromatic N) is 1. The second-order valence-electron chi connectivity index (χ2n) is 6.95.